The molecule has 0 spiro atoms. The molecule has 24 heavy (non-hydrogen) atoms. The van der Waals surface area contributed by atoms with E-state index in [9.17, 15) is 9.18 Å². The predicted molar refractivity (Wildman–Crippen MR) is 86.3 cm³/mol. The van der Waals surface area contributed by atoms with Gasteiger partial charge in [-0.2, -0.15) is 9.49 Å². The standard InChI is InChI=1S/C16H16FN5O2/c1-3-18-11-7-6-10(14(17)20-11)13-12(16(23)24-4-2)15-19-8-5-9-22(15)21-13/h5-9H,3-4H2,1-2H3,(H,18,20). The van der Waals surface area contributed by atoms with Crippen molar-refractivity contribution in [3.63, 3.8) is 0 Å². The van der Waals surface area contributed by atoms with Crippen LogP contribution in [0.15, 0.2) is 30.6 Å². The van der Waals surface area contributed by atoms with E-state index in [2.05, 4.69) is 20.4 Å². The molecule has 0 amide bonds. The Morgan fingerprint density at radius 1 is 1.38 bits per heavy atom. The molecule has 0 saturated heterocycles. The summed E-state index contributed by atoms with van der Waals surface area (Å²) in [6.45, 7) is 4.41. The van der Waals surface area contributed by atoms with Gasteiger partial charge >= 0.3 is 5.97 Å². The number of hydrogen-bond donors (Lipinski definition) is 1. The second-order valence-electron chi connectivity index (χ2n) is 4.90. The lowest BCUT2D eigenvalue weighted by atomic mass is 10.1. The van der Waals surface area contributed by atoms with E-state index in [0.29, 0.717) is 18.0 Å². The topological polar surface area (TPSA) is 81.4 Å². The first kappa shape index (κ1) is 15.9. The lowest BCUT2D eigenvalue weighted by Crippen LogP contribution is -2.07. The number of rotatable bonds is 5. The number of carbonyl (C=O) groups is 1. The van der Waals surface area contributed by atoms with Crippen LogP contribution >= 0.6 is 0 Å². The van der Waals surface area contributed by atoms with Gasteiger partial charge in [0.15, 0.2) is 5.65 Å². The third-order valence-electron chi connectivity index (χ3n) is 3.34. The molecule has 7 nitrogen and oxygen atoms in total. The Hall–Kier alpha value is -3.03. The summed E-state index contributed by atoms with van der Waals surface area (Å²) in [5.74, 6) is -0.905. The second kappa shape index (κ2) is 6.61. The largest absolute Gasteiger partial charge is 0.462 e. The first-order chi connectivity index (χ1) is 11.7. The molecule has 0 aromatic carbocycles. The van der Waals surface area contributed by atoms with Gasteiger partial charge in [-0.15, -0.1) is 0 Å². The molecule has 0 aliphatic heterocycles. The fourth-order valence-electron chi connectivity index (χ4n) is 2.36. The zero-order valence-corrected chi connectivity index (χ0v) is 13.3. The maximum atomic E-state index is 14.4. The average Bonchev–Trinajstić information content (AvgIpc) is 2.94. The lowest BCUT2D eigenvalue weighted by molar-refractivity contribution is 0.0529. The summed E-state index contributed by atoms with van der Waals surface area (Å²) in [4.78, 5) is 20.3. The van der Waals surface area contributed by atoms with Crippen LogP contribution in [-0.2, 0) is 4.74 Å². The van der Waals surface area contributed by atoms with E-state index in [1.54, 1.807) is 25.3 Å². The minimum absolute atomic E-state index is 0.116. The number of halogens is 1. The Morgan fingerprint density at radius 3 is 2.92 bits per heavy atom. The zero-order chi connectivity index (χ0) is 17.1. The smallest absolute Gasteiger partial charge is 0.344 e. The van der Waals surface area contributed by atoms with E-state index in [-0.39, 0.29) is 23.4 Å². The van der Waals surface area contributed by atoms with E-state index in [4.69, 9.17) is 4.74 Å². The summed E-state index contributed by atoms with van der Waals surface area (Å²) in [6, 6.07) is 4.83. The summed E-state index contributed by atoms with van der Waals surface area (Å²) in [5.41, 5.74) is 0.695. The van der Waals surface area contributed by atoms with Crippen molar-refractivity contribution in [2.24, 2.45) is 0 Å². The van der Waals surface area contributed by atoms with Crippen molar-refractivity contribution in [3.8, 4) is 11.3 Å². The van der Waals surface area contributed by atoms with Gasteiger partial charge in [0.25, 0.3) is 0 Å². The van der Waals surface area contributed by atoms with Crippen molar-refractivity contribution in [3.05, 3.63) is 42.1 Å². The molecule has 0 saturated carbocycles. The molecule has 124 valence electrons. The highest BCUT2D eigenvalue weighted by atomic mass is 19.1. The van der Waals surface area contributed by atoms with Gasteiger partial charge < -0.3 is 10.1 Å². The van der Waals surface area contributed by atoms with Gasteiger partial charge in [-0.3, -0.25) is 0 Å². The molecule has 0 aliphatic rings. The number of carbonyl (C=O) groups excluding carboxylic acids is 1. The number of nitrogens with zero attached hydrogens (tertiary/aromatic N) is 4. The average molecular weight is 329 g/mol. The van der Waals surface area contributed by atoms with Gasteiger partial charge in [-0.05, 0) is 32.0 Å². The second-order valence-corrected chi connectivity index (χ2v) is 4.90. The van der Waals surface area contributed by atoms with Crippen LogP contribution in [0.5, 0.6) is 0 Å². The number of hydrogen-bond acceptors (Lipinski definition) is 6. The molecule has 3 aromatic heterocycles. The fourth-order valence-corrected chi connectivity index (χ4v) is 2.36. The van der Waals surface area contributed by atoms with Crippen LogP contribution in [-0.4, -0.2) is 38.7 Å². The van der Waals surface area contributed by atoms with Crippen LogP contribution in [0.3, 0.4) is 0 Å². The van der Waals surface area contributed by atoms with Crippen molar-refractivity contribution in [2.75, 3.05) is 18.5 Å². The minimum Gasteiger partial charge on any atom is -0.462 e. The van der Waals surface area contributed by atoms with Crippen molar-refractivity contribution in [1.29, 1.82) is 0 Å². The SMILES string of the molecule is CCNc1ccc(-c2nn3cccnc3c2C(=O)OCC)c(F)n1. The van der Waals surface area contributed by atoms with Crippen LogP contribution < -0.4 is 5.32 Å². The Balaban J connectivity index is 2.18. The molecule has 0 aliphatic carbocycles. The molecule has 0 fully saturated rings. The molecule has 8 heteroatoms. The van der Waals surface area contributed by atoms with Crippen LogP contribution in [0, 0.1) is 5.95 Å². The van der Waals surface area contributed by atoms with Gasteiger partial charge in [0.2, 0.25) is 5.95 Å². The minimum atomic E-state index is -0.720. The molecule has 0 bridgehead atoms. The third kappa shape index (κ3) is 2.78. The van der Waals surface area contributed by atoms with Gasteiger partial charge in [-0.1, -0.05) is 0 Å². The molecular formula is C16H16FN5O2. The van der Waals surface area contributed by atoms with Gasteiger partial charge in [0, 0.05) is 18.9 Å². The highest BCUT2D eigenvalue weighted by Gasteiger charge is 2.25. The zero-order valence-electron chi connectivity index (χ0n) is 13.3. The highest BCUT2D eigenvalue weighted by molar-refractivity contribution is 6.02. The number of nitrogens with one attached hydrogen (secondary N) is 1. The monoisotopic (exact) mass is 329 g/mol. The maximum absolute atomic E-state index is 14.4. The van der Waals surface area contributed by atoms with Crippen molar-refractivity contribution >= 4 is 17.4 Å². The summed E-state index contributed by atoms with van der Waals surface area (Å²) in [7, 11) is 0. The summed E-state index contributed by atoms with van der Waals surface area (Å²) < 4.78 is 20.9. The van der Waals surface area contributed by atoms with E-state index >= 15 is 0 Å². The van der Waals surface area contributed by atoms with Crippen molar-refractivity contribution < 1.29 is 13.9 Å². The van der Waals surface area contributed by atoms with Crippen LogP contribution in [0.1, 0.15) is 24.2 Å². The predicted octanol–water partition coefficient (Wildman–Crippen LogP) is 2.54. The summed E-state index contributed by atoms with van der Waals surface area (Å²) >= 11 is 0. The molecule has 0 atom stereocenters. The van der Waals surface area contributed by atoms with Gasteiger partial charge in [-0.25, -0.2) is 19.3 Å². The lowest BCUT2D eigenvalue weighted by Gasteiger charge is -2.06. The Morgan fingerprint density at radius 2 is 2.21 bits per heavy atom. The van der Waals surface area contributed by atoms with Crippen LogP contribution in [0.2, 0.25) is 0 Å². The number of fused-ring (bicyclic) bond motifs is 1. The van der Waals surface area contributed by atoms with E-state index in [0.717, 1.165) is 0 Å². The molecule has 0 radical (unpaired) electrons. The molecule has 0 unspecified atom stereocenters. The van der Waals surface area contributed by atoms with Crippen molar-refractivity contribution in [2.45, 2.75) is 13.8 Å². The van der Waals surface area contributed by atoms with E-state index in [1.807, 2.05) is 6.92 Å². The number of aromatic nitrogens is 4. The summed E-state index contributed by atoms with van der Waals surface area (Å²) in [6.07, 6.45) is 3.17. The number of ether oxygens (including phenoxy) is 1. The summed E-state index contributed by atoms with van der Waals surface area (Å²) in [5, 5.41) is 7.21. The van der Waals surface area contributed by atoms with E-state index in [1.165, 1.54) is 16.8 Å². The number of pyridine rings is 1. The molecule has 3 rings (SSSR count). The van der Waals surface area contributed by atoms with Crippen molar-refractivity contribution in [1.82, 2.24) is 19.6 Å². The van der Waals surface area contributed by atoms with Gasteiger partial charge in [0.1, 0.15) is 17.1 Å². The Kier molecular flexibility index (Phi) is 4.37. The molecule has 1 N–H and O–H groups in total. The highest BCUT2D eigenvalue weighted by Crippen LogP contribution is 2.28. The first-order valence-electron chi connectivity index (χ1n) is 7.57. The molecule has 3 aromatic rings. The quantitative estimate of drug-likeness (QED) is 0.572. The molecular weight excluding hydrogens is 313 g/mol. The normalized spacial score (nSPS) is 10.8. The van der Waals surface area contributed by atoms with E-state index < -0.39 is 11.9 Å². The number of anilines is 1. The van der Waals surface area contributed by atoms with Gasteiger partial charge in [0.05, 0.1) is 12.2 Å². The Labute approximate surface area is 137 Å². The van der Waals surface area contributed by atoms with Crippen LogP contribution in [0.4, 0.5) is 10.2 Å². The fraction of sp³-hybridized carbons (Fsp3) is 0.250. The van der Waals surface area contributed by atoms with Crippen LogP contribution in [0.25, 0.3) is 16.9 Å². The first-order valence-corrected chi connectivity index (χ1v) is 7.57. The molecule has 3 heterocycles. The third-order valence-corrected chi connectivity index (χ3v) is 3.34. The number of esters is 1. The Bertz CT molecular complexity index is 893. The maximum Gasteiger partial charge on any atom is 0.344 e.